The number of pyridine rings is 1. The van der Waals surface area contributed by atoms with Gasteiger partial charge in [-0.1, -0.05) is 6.07 Å². The summed E-state index contributed by atoms with van der Waals surface area (Å²) in [6.45, 7) is 6.64. The van der Waals surface area contributed by atoms with E-state index in [0.717, 1.165) is 44.1 Å². The first-order valence-electron chi connectivity index (χ1n) is 10.2. The second-order valence-corrected chi connectivity index (χ2v) is 7.33. The molecule has 0 radical (unpaired) electrons. The van der Waals surface area contributed by atoms with Crippen LogP contribution >= 0.6 is 0 Å². The largest absolute Gasteiger partial charge is 0.497 e. The lowest BCUT2D eigenvalue weighted by Gasteiger charge is -2.36. The Balaban J connectivity index is 1.45. The SMILES string of the molecule is COc1ccc(/C=C/C(=O)NC(C)CN2CCN(c3ccccn3)CC2)c(OC)c1. The zero-order valence-electron chi connectivity index (χ0n) is 17.9. The molecule has 2 heterocycles. The topological polar surface area (TPSA) is 66.9 Å². The van der Waals surface area contributed by atoms with Crippen LogP contribution in [0.15, 0.2) is 48.7 Å². The smallest absolute Gasteiger partial charge is 0.244 e. The van der Waals surface area contributed by atoms with Crippen LogP contribution in [-0.2, 0) is 4.79 Å². The average Bonchev–Trinajstić information content (AvgIpc) is 2.78. The highest BCUT2D eigenvalue weighted by atomic mass is 16.5. The minimum absolute atomic E-state index is 0.0568. The van der Waals surface area contributed by atoms with E-state index in [1.807, 2.05) is 43.5 Å². The van der Waals surface area contributed by atoms with Crippen LogP contribution in [0.25, 0.3) is 6.08 Å². The Labute approximate surface area is 178 Å². The Bertz CT molecular complexity index is 849. The number of methoxy groups -OCH3 is 2. The Hall–Kier alpha value is -3.06. The number of hydrogen-bond donors (Lipinski definition) is 1. The number of anilines is 1. The molecule has 1 aliphatic rings. The zero-order valence-corrected chi connectivity index (χ0v) is 17.9. The molecule has 1 unspecified atom stereocenters. The van der Waals surface area contributed by atoms with Gasteiger partial charge in [0.25, 0.3) is 0 Å². The van der Waals surface area contributed by atoms with Crippen molar-refractivity contribution in [3.8, 4) is 11.5 Å². The first-order chi connectivity index (χ1) is 14.6. The van der Waals surface area contributed by atoms with Crippen LogP contribution in [0.3, 0.4) is 0 Å². The van der Waals surface area contributed by atoms with Gasteiger partial charge in [0, 0.05) is 62.7 Å². The minimum atomic E-state index is -0.118. The highest BCUT2D eigenvalue weighted by Gasteiger charge is 2.19. The van der Waals surface area contributed by atoms with E-state index in [2.05, 4.69) is 20.1 Å². The third kappa shape index (κ3) is 5.97. The number of hydrogen-bond acceptors (Lipinski definition) is 6. The number of carbonyl (C=O) groups excluding carboxylic acids is 1. The maximum absolute atomic E-state index is 12.3. The first kappa shape index (κ1) is 21.6. The van der Waals surface area contributed by atoms with Crippen molar-refractivity contribution >= 4 is 17.8 Å². The van der Waals surface area contributed by atoms with Crippen LogP contribution in [0.4, 0.5) is 5.82 Å². The van der Waals surface area contributed by atoms with Crippen LogP contribution in [0.2, 0.25) is 0 Å². The van der Waals surface area contributed by atoms with Gasteiger partial charge in [-0.3, -0.25) is 9.69 Å². The fourth-order valence-corrected chi connectivity index (χ4v) is 3.55. The van der Waals surface area contributed by atoms with Gasteiger partial charge >= 0.3 is 0 Å². The van der Waals surface area contributed by atoms with Gasteiger partial charge < -0.3 is 19.7 Å². The number of amides is 1. The third-order valence-electron chi connectivity index (χ3n) is 5.12. The molecule has 0 spiro atoms. The van der Waals surface area contributed by atoms with Crippen molar-refractivity contribution in [3.63, 3.8) is 0 Å². The van der Waals surface area contributed by atoms with Crippen LogP contribution in [0.5, 0.6) is 11.5 Å². The Morgan fingerprint density at radius 1 is 1.17 bits per heavy atom. The maximum Gasteiger partial charge on any atom is 0.244 e. The average molecular weight is 411 g/mol. The summed E-state index contributed by atoms with van der Waals surface area (Å²) in [6.07, 6.45) is 5.13. The molecule has 1 aromatic carbocycles. The van der Waals surface area contributed by atoms with E-state index in [4.69, 9.17) is 9.47 Å². The number of piperazine rings is 1. The van der Waals surface area contributed by atoms with Crippen molar-refractivity contribution in [1.29, 1.82) is 0 Å². The Morgan fingerprint density at radius 2 is 1.97 bits per heavy atom. The van der Waals surface area contributed by atoms with Crippen molar-refractivity contribution in [2.75, 3.05) is 51.8 Å². The standard InChI is InChI=1S/C23H30N4O3/c1-18(17-26-12-14-27(15-13-26)22-6-4-5-11-24-22)25-23(28)10-8-19-7-9-20(29-2)16-21(19)30-3/h4-11,16,18H,12-15,17H2,1-3H3,(H,25,28)/b10-8+. The van der Waals surface area contributed by atoms with E-state index >= 15 is 0 Å². The third-order valence-corrected chi connectivity index (χ3v) is 5.12. The second kappa shape index (κ2) is 10.6. The fraction of sp³-hybridized carbons (Fsp3) is 0.391. The summed E-state index contributed by atoms with van der Waals surface area (Å²) in [5.41, 5.74) is 0.826. The molecule has 1 atom stereocenters. The maximum atomic E-state index is 12.3. The highest BCUT2D eigenvalue weighted by molar-refractivity contribution is 5.92. The molecule has 0 bridgehead atoms. The number of nitrogens with one attached hydrogen (secondary N) is 1. The van der Waals surface area contributed by atoms with Gasteiger partial charge in [0.05, 0.1) is 14.2 Å². The number of benzene rings is 1. The Kier molecular flexibility index (Phi) is 7.68. The first-order valence-corrected chi connectivity index (χ1v) is 10.2. The molecule has 1 N–H and O–H groups in total. The summed E-state index contributed by atoms with van der Waals surface area (Å²) in [6, 6.07) is 11.6. The van der Waals surface area contributed by atoms with Gasteiger partial charge in [0.2, 0.25) is 5.91 Å². The van der Waals surface area contributed by atoms with Gasteiger partial charge in [-0.15, -0.1) is 0 Å². The summed E-state index contributed by atoms with van der Waals surface area (Å²) in [4.78, 5) is 21.4. The molecule has 0 saturated carbocycles. The number of aromatic nitrogens is 1. The van der Waals surface area contributed by atoms with Gasteiger partial charge in [-0.05, 0) is 37.3 Å². The molecular formula is C23H30N4O3. The summed E-state index contributed by atoms with van der Waals surface area (Å²) in [5.74, 6) is 2.28. The number of carbonyl (C=O) groups is 1. The van der Waals surface area contributed by atoms with E-state index in [-0.39, 0.29) is 11.9 Å². The summed E-state index contributed by atoms with van der Waals surface area (Å²) < 4.78 is 10.6. The van der Waals surface area contributed by atoms with Crippen molar-refractivity contribution in [2.45, 2.75) is 13.0 Å². The van der Waals surface area contributed by atoms with Crippen LogP contribution in [0, 0.1) is 0 Å². The van der Waals surface area contributed by atoms with Gasteiger partial charge in [-0.2, -0.15) is 0 Å². The molecule has 7 nitrogen and oxygen atoms in total. The van der Waals surface area contributed by atoms with Crippen molar-refractivity contribution in [3.05, 3.63) is 54.2 Å². The van der Waals surface area contributed by atoms with Gasteiger partial charge in [-0.25, -0.2) is 4.98 Å². The second-order valence-electron chi connectivity index (χ2n) is 7.33. The molecule has 1 saturated heterocycles. The molecule has 3 rings (SSSR count). The molecular weight excluding hydrogens is 380 g/mol. The van der Waals surface area contributed by atoms with Gasteiger partial charge in [0.1, 0.15) is 17.3 Å². The van der Waals surface area contributed by atoms with E-state index < -0.39 is 0 Å². The fourth-order valence-electron chi connectivity index (χ4n) is 3.55. The lowest BCUT2D eigenvalue weighted by atomic mass is 10.1. The van der Waals surface area contributed by atoms with Crippen molar-refractivity contribution in [2.24, 2.45) is 0 Å². The minimum Gasteiger partial charge on any atom is -0.497 e. The molecule has 1 aliphatic heterocycles. The summed E-state index contributed by atoms with van der Waals surface area (Å²) >= 11 is 0. The van der Waals surface area contributed by atoms with Crippen molar-refractivity contribution < 1.29 is 14.3 Å². The lowest BCUT2D eigenvalue weighted by molar-refractivity contribution is -0.117. The predicted molar refractivity (Wildman–Crippen MR) is 119 cm³/mol. The van der Waals surface area contributed by atoms with E-state index in [0.29, 0.717) is 11.5 Å². The Morgan fingerprint density at radius 3 is 2.63 bits per heavy atom. The number of ether oxygens (including phenoxy) is 2. The molecule has 30 heavy (non-hydrogen) atoms. The molecule has 1 amide bonds. The molecule has 160 valence electrons. The van der Waals surface area contributed by atoms with E-state index in [1.54, 1.807) is 32.4 Å². The number of nitrogens with zero attached hydrogens (tertiary/aromatic N) is 3. The molecule has 7 heteroatoms. The summed E-state index contributed by atoms with van der Waals surface area (Å²) in [7, 11) is 3.21. The van der Waals surface area contributed by atoms with E-state index in [9.17, 15) is 4.79 Å². The van der Waals surface area contributed by atoms with Crippen LogP contribution < -0.4 is 19.7 Å². The molecule has 0 aliphatic carbocycles. The van der Waals surface area contributed by atoms with Gasteiger partial charge in [0.15, 0.2) is 0 Å². The van der Waals surface area contributed by atoms with Crippen LogP contribution in [0.1, 0.15) is 12.5 Å². The normalized spacial score (nSPS) is 15.8. The summed E-state index contributed by atoms with van der Waals surface area (Å²) in [5, 5.41) is 3.04. The predicted octanol–water partition coefficient (Wildman–Crippen LogP) is 2.44. The monoisotopic (exact) mass is 410 g/mol. The molecule has 1 fully saturated rings. The van der Waals surface area contributed by atoms with E-state index in [1.165, 1.54) is 0 Å². The molecule has 1 aromatic heterocycles. The highest BCUT2D eigenvalue weighted by Crippen LogP contribution is 2.25. The lowest BCUT2D eigenvalue weighted by Crippen LogP contribution is -2.50. The number of rotatable bonds is 8. The van der Waals surface area contributed by atoms with Crippen molar-refractivity contribution in [1.82, 2.24) is 15.2 Å². The quantitative estimate of drug-likeness (QED) is 0.675. The van der Waals surface area contributed by atoms with Crippen LogP contribution in [-0.4, -0.2) is 68.8 Å². The molecule has 2 aromatic rings. The zero-order chi connectivity index (χ0) is 21.3.